The first kappa shape index (κ1) is 60.5. The van der Waals surface area contributed by atoms with Crippen molar-refractivity contribution in [2.45, 2.75) is 110 Å². The van der Waals surface area contributed by atoms with Crippen molar-refractivity contribution in [2.75, 3.05) is 151 Å². The first-order chi connectivity index (χ1) is 35.2. The number of ketones is 3. The number of benzene rings is 1. The number of ether oxygens (including phenoxy) is 8. The Morgan fingerprint density at radius 2 is 1.15 bits per heavy atom. The molecule has 19 nitrogen and oxygen atoms in total. The van der Waals surface area contributed by atoms with Gasteiger partial charge in [-0.25, -0.2) is 9.97 Å². The highest BCUT2D eigenvalue weighted by molar-refractivity contribution is 6.06. The quantitative estimate of drug-likeness (QED) is 0.0712. The third-order valence-corrected chi connectivity index (χ3v) is 12.6. The first-order valence-corrected chi connectivity index (χ1v) is 26.6. The summed E-state index contributed by atoms with van der Waals surface area (Å²) < 4.78 is 46.6. The number of carbonyl (C=O) groups is 4. The molecule has 1 atom stereocenters. The number of unbranched alkanes of at least 4 members (excludes halogenated alkanes) is 3. The van der Waals surface area contributed by atoms with Crippen LogP contribution >= 0.6 is 0 Å². The van der Waals surface area contributed by atoms with E-state index in [-0.39, 0.29) is 42.1 Å². The highest BCUT2D eigenvalue weighted by Gasteiger charge is 2.23. The number of anilines is 1. The topological polar surface area (TPSA) is 217 Å². The number of nitrogens with one attached hydrogen (secondary N) is 1. The van der Waals surface area contributed by atoms with Crippen LogP contribution in [0, 0.1) is 0 Å². The molecule has 0 spiro atoms. The Hall–Kier alpha value is -4.02. The molecule has 1 unspecified atom stereocenters. The van der Waals surface area contributed by atoms with Crippen molar-refractivity contribution >= 4 is 51.0 Å². The van der Waals surface area contributed by atoms with E-state index in [2.05, 4.69) is 32.8 Å². The molecular weight excluding hydrogens is 927 g/mol. The molecule has 3 N–H and O–H groups in total. The highest BCUT2D eigenvalue weighted by atomic mass is 16.6. The standard InChI is InChI=1S/C53H87N7O12/c1-4-5-17-49-57-51-52(46-14-9-10-16-48(46)56-53(51)54)60(49)26-23-58-21-24-59(25-22-58)50(64)19-18-44(62)13-11-27-65-29-31-67-33-35-69-37-39-71-41-42-72-40-38-70-36-34-68-32-30-66-28-20-45(63)12-7-6-8-15-47(55-3)43(2)61/h9-10,14,16,47,55H,4-8,11-13,15,17-42H2,1-3H3,(H2,54,56). The van der Waals surface area contributed by atoms with Crippen LogP contribution in [0.5, 0.6) is 0 Å². The van der Waals surface area contributed by atoms with Crippen LogP contribution in [0.1, 0.15) is 96.7 Å². The number of nitrogens with zero attached hydrogens (tertiary/aromatic N) is 5. The van der Waals surface area contributed by atoms with Gasteiger partial charge < -0.3 is 58.4 Å². The zero-order chi connectivity index (χ0) is 51.4. The molecule has 0 aliphatic carbocycles. The molecule has 3 aromatic rings. The van der Waals surface area contributed by atoms with Crippen LogP contribution in [0.15, 0.2) is 24.3 Å². The Bertz CT molecular complexity index is 1980. The van der Waals surface area contributed by atoms with Gasteiger partial charge in [-0.3, -0.25) is 24.1 Å². The number of hydrogen-bond donors (Lipinski definition) is 2. The fraction of sp³-hybridized carbons (Fsp3) is 0.736. The number of carbonyl (C=O) groups excluding carboxylic acids is 4. The van der Waals surface area contributed by atoms with Crippen LogP contribution < -0.4 is 11.1 Å². The smallest absolute Gasteiger partial charge is 0.223 e. The van der Waals surface area contributed by atoms with Crippen LogP contribution in [0.3, 0.4) is 0 Å². The van der Waals surface area contributed by atoms with E-state index in [1.165, 1.54) is 0 Å². The number of fused-ring (bicyclic) bond motifs is 3. The molecule has 3 heterocycles. The molecule has 1 aliphatic rings. The molecule has 1 fully saturated rings. The second-order valence-electron chi connectivity index (χ2n) is 18.1. The van der Waals surface area contributed by atoms with Gasteiger partial charge in [-0.05, 0) is 45.7 Å². The van der Waals surface area contributed by atoms with Gasteiger partial charge in [-0.2, -0.15) is 0 Å². The Balaban J connectivity index is 0.851. The van der Waals surface area contributed by atoms with Crippen LogP contribution in [0.2, 0.25) is 0 Å². The highest BCUT2D eigenvalue weighted by Crippen LogP contribution is 2.29. The van der Waals surface area contributed by atoms with Gasteiger partial charge in [0.25, 0.3) is 0 Å². The van der Waals surface area contributed by atoms with Crippen molar-refractivity contribution in [1.29, 1.82) is 0 Å². The number of amides is 1. The van der Waals surface area contributed by atoms with E-state index in [0.717, 1.165) is 98.9 Å². The van der Waals surface area contributed by atoms with Gasteiger partial charge in [0.1, 0.15) is 28.7 Å². The molecule has 2 aromatic heterocycles. The summed E-state index contributed by atoms with van der Waals surface area (Å²) in [5.74, 6) is 1.99. The van der Waals surface area contributed by atoms with Crippen LogP contribution in [0.4, 0.5) is 5.82 Å². The number of aromatic nitrogens is 3. The van der Waals surface area contributed by atoms with Crippen molar-refractivity contribution in [2.24, 2.45) is 0 Å². The number of nitrogen functional groups attached to an aromatic ring is 1. The number of piperazine rings is 1. The maximum Gasteiger partial charge on any atom is 0.223 e. The number of pyridine rings is 1. The van der Waals surface area contributed by atoms with Crippen molar-refractivity contribution in [3.8, 4) is 0 Å². The Morgan fingerprint density at radius 3 is 1.72 bits per heavy atom. The summed E-state index contributed by atoms with van der Waals surface area (Å²) in [6, 6.07) is 8.00. The number of imidazole rings is 1. The molecule has 406 valence electrons. The fourth-order valence-electron chi connectivity index (χ4n) is 8.39. The zero-order valence-corrected chi connectivity index (χ0v) is 43.8. The van der Waals surface area contributed by atoms with Crippen LogP contribution in [0.25, 0.3) is 21.9 Å². The van der Waals surface area contributed by atoms with E-state index in [1.807, 2.05) is 23.1 Å². The van der Waals surface area contributed by atoms with Gasteiger partial charge in [0.15, 0.2) is 5.82 Å². The fourth-order valence-corrected chi connectivity index (χ4v) is 8.39. The number of nitrogens with two attached hydrogens (primary N) is 1. The van der Waals surface area contributed by atoms with Gasteiger partial charge >= 0.3 is 0 Å². The number of rotatable bonds is 45. The number of Topliss-reactive ketones (excluding diaryl/α,β-unsaturated/α-hetero) is 3. The molecule has 1 aromatic carbocycles. The molecule has 19 heteroatoms. The molecule has 0 bridgehead atoms. The van der Waals surface area contributed by atoms with Gasteiger partial charge in [-0.1, -0.05) is 44.4 Å². The average molecular weight is 1010 g/mol. The lowest BCUT2D eigenvalue weighted by Gasteiger charge is -2.35. The number of para-hydroxylation sites is 1. The summed E-state index contributed by atoms with van der Waals surface area (Å²) in [5.41, 5.74) is 9.08. The van der Waals surface area contributed by atoms with E-state index < -0.39 is 0 Å². The molecule has 72 heavy (non-hydrogen) atoms. The minimum Gasteiger partial charge on any atom is -0.382 e. The van der Waals surface area contributed by atoms with Crippen molar-refractivity contribution in [3.05, 3.63) is 30.1 Å². The predicted octanol–water partition coefficient (Wildman–Crippen LogP) is 5.00. The van der Waals surface area contributed by atoms with Gasteiger partial charge in [0, 0.05) is 89.8 Å². The minimum absolute atomic E-state index is 0.0426. The molecule has 4 rings (SSSR count). The van der Waals surface area contributed by atoms with Crippen molar-refractivity contribution in [3.63, 3.8) is 0 Å². The minimum atomic E-state index is -0.0868. The molecule has 1 saturated heterocycles. The summed E-state index contributed by atoms with van der Waals surface area (Å²) in [4.78, 5) is 62.8. The lowest BCUT2D eigenvalue weighted by molar-refractivity contribution is -0.134. The summed E-state index contributed by atoms with van der Waals surface area (Å²) in [7, 11) is 1.80. The Morgan fingerprint density at radius 1 is 0.611 bits per heavy atom. The normalized spacial score (nSPS) is 13.7. The molecule has 1 amide bonds. The molecule has 0 saturated carbocycles. The summed E-state index contributed by atoms with van der Waals surface area (Å²) in [6.07, 6.45) is 9.02. The lowest BCUT2D eigenvalue weighted by atomic mass is 10.0. The monoisotopic (exact) mass is 1010 g/mol. The van der Waals surface area contributed by atoms with Crippen molar-refractivity contribution < 1.29 is 57.1 Å². The van der Waals surface area contributed by atoms with E-state index in [9.17, 15) is 19.2 Å². The third-order valence-electron chi connectivity index (χ3n) is 12.6. The number of likely N-dealkylation sites (N-methyl/N-ethyl adjacent to an activating group) is 1. The van der Waals surface area contributed by atoms with Gasteiger partial charge in [0.2, 0.25) is 5.91 Å². The average Bonchev–Trinajstić information content (AvgIpc) is 3.76. The van der Waals surface area contributed by atoms with E-state index in [4.69, 9.17) is 48.6 Å². The van der Waals surface area contributed by atoms with Crippen LogP contribution in [-0.2, 0) is 70.0 Å². The maximum absolute atomic E-state index is 13.0. The van der Waals surface area contributed by atoms with Gasteiger partial charge in [0.05, 0.1) is 116 Å². The molecule has 0 radical (unpaired) electrons. The van der Waals surface area contributed by atoms with Gasteiger partial charge in [-0.15, -0.1) is 0 Å². The Kier molecular flexibility index (Phi) is 31.7. The van der Waals surface area contributed by atoms with Crippen molar-refractivity contribution in [1.82, 2.24) is 29.7 Å². The lowest BCUT2D eigenvalue weighted by Crippen LogP contribution is -2.49. The first-order valence-electron chi connectivity index (χ1n) is 26.6. The molecular formula is C53H87N7O12. The zero-order valence-electron chi connectivity index (χ0n) is 43.8. The summed E-state index contributed by atoms with van der Waals surface area (Å²) in [5, 5.41) is 4.08. The number of aryl methyl sites for hydroxylation is 1. The van der Waals surface area contributed by atoms with Crippen LogP contribution in [-0.4, -0.2) is 199 Å². The predicted molar refractivity (Wildman–Crippen MR) is 277 cm³/mol. The second-order valence-corrected chi connectivity index (χ2v) is 18.1. The van der Waals surface area contributed by atoms with E-state index in [1.54, 1.807) is 14.0 Å². The largest absolute Gasteiger partial charge is 0.382 e. The van der Waals surface area contributed by atoms with E-state index >= 15 is 0 Å². The second kappa shape index (κ2) is 37.7. The molecule has 1 aliphatic heterocycles. The van der Waals surface area contributed by atoms with E-state index in [0.29, 0.717) is 150 Å². The SMILES string of the molecule is CCCCc1nc2c(N)nc3ccccc3c2n1CCN1CCN(C(=O)CCC(=O)CCCOCCOCCOCCOCCOCCOCCOCCOCCC(=O)CCCCCC(NC)C(C)=O)CC1. The summed E-state index contributed by atoms with van der Waals surface area (Å²) >= 11 is 0. The number of hydrogen-bond acceptors (Lipinski definition) is 17. The third kappa shape index (κ3) is 24.3. The summed E-state index contributed by atoms with van der Waals surface area (Å²) in [6.45, 7) is 15.6. The Labute approximate surface area is 427 Å². The maximum atomic E-state index is 13.0.